The van der Waals surface area contributed by atoms with Crippen LogP contribution in [0.5, 0.6) is 0 Å². The summed E-state index contributed by atoms with van der Waals surface area (Å²) in [6, 6.07) is 0. The number of thiazole rings is 1. The average Bonchev–Trinajstić information content (AvgIpc) is 2.52. The third kappa shape index (κ3) is 2.42. The highest BCUT2D eigenvalue weighted by atomic mass is 32.1. The molecule has 1 aromatic rings. The van der Waals surface area contributed by atoms with E-state index in [-0.39, 0.29) is 5.78 Å². The van der Waals surface area contributed by atoms with Gasteiger partial charge in [-0.05, 0) is 12.8 Å². The molecule has 0 amide bonds. The standard InChI is InChI=1S/C8H10NOS/c1-2-3-4-7(10)8-9-5-6-11-8/h2,5-6H,3-4H2,1H3. The first kappa shape index (κ1) is 8.40. The smallest absolute Gasteiger partial charge is 0.191 e. The summed E-state index contributed by atoms with van der Waals surface area (Å²) in [5, 5.41) is 2.45. The summed E-state index contributed by atoms with van der Waals surface area (Å²) < 4.78 is 0. The molecule has 1 rings (SSSR count). The zero-order valence-corrected chi connectivity index (χ0v) is 7.23. The number of Topliss-reactive ketones (excluding diaryl/α,β-unsaturated/α-hetero) is 1. The average molecular weight is 168 g/mol. The second-order valence-electron chi connectivity index (χ2n) is 2.21. The number of carbonyl (C=O) groups excluding carboxylic acids is 1. The Balaban J connectivity index is 2.43. The molecule has 0 aliphatic carbocycles. The first-order valence-corrected chi connectivity index (χ1v) is 4.43. The van der Waals surface area contributed by atoms with Crippen molar-refractivity contribution in [2.24, 2.45) is 0 Å². The highest BCUT2D eigenvalue weighted by Gasteiger charge is 2.06. The molecule has 0 saturated heterocycles. The van der Waals surface area contributed by atoms with E-state index in [0.29, 0.717) is 11.4 Å². The third-order valence-corrected chi connectivity index (χ3v) is 2.15. The maximum atomic E-state index is 11.2. The van der Waals surface area contributed by atoms with Crippen LogP contribution in [0.4, 0.5) is 0 Å². The number of aromatic nitrogens is 1. The van der Waals surface area contributed by atoms with Gasteiger partial charge in [0.15, 0.2) is 10.8 Å². The number of rotatable bonds is 4. The fourth-order valence-electron chi connectivity index (χ4n) is 0.744. The van der Waals surface area contributed by atoms with Crippen LogP contribution in [-0.4, -0.2) is 10.8 Å². The Labute approximate surface area is 70.3 Å². The van der Waals surface area contributed by atoms with Gasteiger partial charge in [-0.1, -0.05) is 6.92 Å². The Hall–Kier alpha value is -0.700. The SMILES string of the molecule is C[CH]CCC(=O)c1nccs1. The van der Waals surface area contributed by atoms with E-state index in [4.69, 9.17) is 0 Å². The molecule has 0 unspecified atom stereocenters. The molecule has 0 atom stereocenters. The number of carbonyl (C=O) groups is 1. The molecule has 0 aromatic carbocycles. The van der Waals surface area contributed by atoms with Gasteiger partial charge in [0, 0.05) is 18.0 Å². The van der Waals surface area contributed by atoms with Crippen molar-refractivity contribution in [1.29, 1.82) is 0 Å². The van der Waals surface area contributed by atoms with Gasteiger partial charge in [0.05, 0.1) is 0 Å². The minimum absolute atomic E-state index is 0.151. The van der Waals surface area contributed by atoms with Crippen LogP contribution < -0.4 is 0 Å². The predicted molar refractivity (Wildman–Crippen MR) is 45.7 cm³/mol. The summed E-state index contributed by atoms with van der Waals surface area (Å²) in [5.74, 6) is 0.151. The van der Waals surface area contributed by atoms with Gasteiger partial charge in [0.1, 0.15) is 0 Å². The number of unbranched alkanes of at least 4 members (excludes halogenated alkanes) is 1. The van der Waals surface area contributed by atoms with Gasteiger partial charge >= 0.3 is 0 Å². The molecule has 0 aliphatic heterocycles. The van der Waals surface area contributed by atoms with Crippen molar-refractivity contribution >= 4 is 17.1 Å². The first-order valence-electron chi connectivity index (χ1n) is 3.55. The van der Waals surface area contributed by atoms with Crippen molar-refractivity contribution in [2.75, 3.05) is 0 Å². The molecule has 2 nitrogen and oxygen atoms in total. The summed E-state index contributed by atoms with van der Waals surface area (Å²) >= 11 is 1.41. The van der Waals surface area contributed by atoms with Gasteiger partial charge in [-0.3, -0.25) is 4.79 Å². The molecular weight excluding hydrogens is 158 g/mol. The lowest BCUT2D eigenvalue weighted by Gasteiger charge is -1.92. The van der Waals surface area contributed by atoms with E-state index in [2.05, 4.69) is 4.98 Å². The van der Waals surface area contributed by atoms with Gasteiger partial charge in [0.2, 0.25) is 0 Å². The van der Waals surface area contributed by atoms with Crippen LogP contribution in [0.3, 0.4) is 0 Å². The highest BCUT2D eigenvalue weighted by molar-refractivity contribution is 7.11. The second kappa shape index (κ2) is 4.23. The summed E-state index contributed by atoms with van der Waals surface area (Å²) in [4.78, 5) is 15.1. The van der Waals surface area contributed by atoms with Crippen LogP contribution in [0.15, 0.2) is 11.6 Å². The van der Waals surface area contributed by atoms with Crippen LogP contribution in [0.1, 0.15) is 29.6 Å². The van der Waals surface area contributed by atoms with E-state index in [1.165, 1.54) is 11.3 Å². The topological polar surface area (TPSA) is 30.0 Å². The fourth-order valence-corrected chi connectivity index (χ4v) is 1.35. The van der Waals surface area contributed by atoms with Crippen molar-refractivity contribution < 1.29 is 4.79 Å². The molecule has 0 N–H and O–H groups in total. The molecule has 1 radical (unpaired) electrons. The molecule has 0 aliphatic rings. The van der Waals surface area contributed by atoms with Crippen LogP contribution in [0, 0.1) is 6.42 Å². The lowest BCUT2D eigenvalue weighted by Crippen LogP contribution is -1.96. The van der Waals surface area contributed by atoms with Crippen molar-refractivity contribution in [3.63, 3.8) is 0 Å². The molecule has 0 saturated carbocycles. The molecule has 0 fully saturated rings. The van der Waals surface area contributed by atoms with E-state index in [1.54, 1.807) is 6.20 Å². The van der Waals surface area contributed by atoms with Crippen LogP contribution in [0.25, 0.3) is 0 Å². The second-order valence-corrected chi connectivity index (χ2v) is 3.10. The number of ketones is 1. The summed E-state index contributed by atoms with van der Waals surface area (Å²) in [7, 11) is 0. The summed E-state index contributed by atoms with van der Waals surface area (Å²) in [5.41, 5.74) is 0. The van der Waals surface area contributed by atoms with Crippen LogP contribution in [-0.2, 0) is 0 Å². The monoisotopic (exact) mass is 168 g/mol. The molecular formula is C8H10NOS. The third-order valence-electron chi connectivity index (χ3n) is 1.33. The van der Waals surface area contributed by atoms with Gasteiger partial charge in [0.25, 0.3) is 0 Å². The normalized spacial score (nSPS) is 9.91. The van der Waals surface area contributed by atoms with Gasteiger partial charge in [-0.15, -0.1) is 11.3 Å². The Morgan fingerprint density at radius 3 is 3.18 bits per heavy atom. The van der Waals surface area contributed by atoms with Gasteiger partial charge in [-0.2, -0.15) is 0 Å². The largest absolute Gasteiger partial charge is 0.292 e. The summed E-state index contributed by atoms with van der Waals surface area (Å²) in [6.45, 7) is 1.95. The predicted octanol–water partition coefficient (Wildman–Crippen LogP) is 2.33. The zero-order chi connectivity index (χ0) is 8.10. The van der Waals surface area contributed by atoms with Crippen molar-refractivity contribution in [2.45, 2.75) is 19.8 Å². The fraction of sp³-hybridized carbons (Fsp3) is 0.375. The lowest BCUT2D eigenvalue weighted by molar-refractivity contribution is 0.0982. The van der Waals surface area contributed by atoms with Crippen molar-refractivity contribution in [3.05, 3.63) is 23.0 Å². The zero-order valence-electron chi connectivity index (χ0n) is 6.41. The Kier molecular flexibility index (Phi) is 3.23. The molecule has 0 spiro atoms. The van der Waals surface area contributed by atoms with Gasteiger partial charge in [-0.25, -0.2) is 4.98 Å². The van der Waals surface area contributed by atoms with Crippen LogP contribution >= 0.6 is 11.3 Å². The quantitative estimate of drug-likeness (QED) is 0.646. The van der Waals surface area contributed by atoms with E-state index < -0.39 is 0 Å². The van der Waals surface area contributed by atoms with Gasteiger partial charge < -0.3 is 0 Å². The van der Waals surface area contributed by atoms with E-state index in [0.717, 1.165) is 6.42 Å². The first-order chi connectivity index (χ1) is 5.34. The maximum absolute atomic E-state index is 11.2. The highest BCUT2D eigenvalue weighted by Crippen LogP contribution is 2.08. The molecule has 1 aromatic heterocycles. The van der Waals surface area contributed by atoms with E-state index >= 15 is 0 Å². The summed E-state index contributed by atoms with van der Waals surface area (Å²) in [6.07, 6.45) is 5.08. The number of hydrogen-bond acceptors (Lipinski definition) is 3. The molecule has 59 valence electrons. The van der Waals surface area contributed by atoms with Crippen molar-refractivity contribution in [3.8, 4) is 0 Å². The van der Waals surface area contributed by atoms with E-state index in [1.807, 2.05) is 18.7 Å². The minimum atomic E-state index is 0.151. The maximum Gasteiger partial charge on any atom is 0.191 e. The molecule has 0 bridgehead atoms. The van der Waals surface area contributed by atoms with Crippen molar-refractivity contribution in [1.82, 2.24) is 4.98 Å². The Morgan fingerprint density at radius 2 is 2.64 bits per heavy atom. The number of nitrogens with zero attached hydrogens (tertiary/aromatic N) is 1. The lowest BCUT2D eigenvalue weighted by atomic mass is 10.2. The molecule has 11 heavy (non-hydrogen) atoms. The Bertz CT molecular complexity index is 218. The minimum Gasteiger partial charge on any atom is -0.292 e. The molecule has 1 heterocycles. The van der Waals surface area contributed by atoms with E-state index in [9.17, 15) is 4.79 Å². The molecule has 3 heteroatoms. The number of hydrogen-bond donors (Lipinski definition) is 0. The van der Waals surface area contributed by atoms with Crippen LogP contribution in [0.2, 0.25) is 0 Å². The Morgan fingerprint density at radius 1 is 1.82 bits per heavy atom.